The van der Waals surface area contributed by atoms with Crippen molar-refractivity contribution in [3.05, 3.63) is 71.5 Å². The second-order valence-electron chi connectivity index (χ2n) is 18.8. The number of fused-ring (bicyclic) bond motifs is 6. The molecule has 2 aromatic heterocycles. The lowest BCUT2D eigenvalue weighted by Gasteiger charge is -2.37. The number of likely N-dealkylation sites (N-methyl/N-ethyl adjacent to an activating group) is 1. The first-order valence-electron chi connectivity index (χ1n) is 22.7. The molecule has 4 N–H and O–H groups in total. The largest absolute Gasteiger partial charge is 0.508 e. The molecule has 2 aromatic carbocycles. The van der Waals surface area contributed by atoms with Gasteiger partial charge in [-0.25, -0.2) is 5.43 Å². The number of carbonyl (C=O) groups is 4. The average molecular weight is 864 g/mol. The number of benzene rings is 2. The fourth-order valence-electron chi connectivity index (χ4n) is 9.94. The van der Waals surface area contributed by atoms with Crippen LogP contribution in [-0.4, -0.2) is 123 Å². The number of phenolic OH excluding ortho intramolecular Hbond substituents is 1. The van der Waals surface area contributed by atoms with Gasteiger partial charge in [0.2, 0.25) is 11.8 Å². The first kappa shape index (κ1) is 45.7. The van der Waals surface area contributed by atoms with Gasteiger partial charge in [-0.05, 0) is 110 Å². The number of carbonyl (C=O) groups excluding carboxylic acids is 4. The van der Waals surface area contributed by atoms with Gasteiger partial charge in [-0.2, -0.15) is 0 Å². The lowest BCUT2D eigenvalue weighted by molar-refractivity contribution is -0.155. The van der Waals surface area contributed by atoms with Crippen molar-refractivity contribution in [3.8, 4) is 28.1 Å². The Morgan fingerprint density at radius 2 is 1.86 bits per heavy atom. The number of hydrazine groups is 1. The van der Waals surface area contributed by atoms with Gasteiger partial charge in [0, 0.05) is 73.9 Å². The molecule has 0 radical (unpaired) electrons. The molecule has 338 valence electrons. The van der Waals surface area contributed by atoms with E-state index in [-0.39, 0.29) is 43.1 Å². The molecule has 0 saturated carbocycles. The van der Waals surface area contributed by atoms with E-state index in [2.05, 4.69) is 66.2 Å². The molecule has 3 aliphatic heterocycles. The molecule has 4 atom stereocenters. The number of esters is 1. The predicted molar refractivity (Wildman–Crippen MR) is 242 cm³/mol. The summed E-state index contributed by atoms with van der Waals surface area (Å²) in [5.41, 5.74) is 10.4. The summed E-state index contributed by atoms with van der Waals surface area (Å²) in [5.74, 6) is -2.12. The number of phenols is 1. The molecule has 3 aliphatic rings. The number of pyridine rings is 1. The van der Waals surface area contributed by atoms with Crippen LogP contribution in [0.2, 0.25) is 0 Å². The normalized spacial score (nSPS) is 21.3. The number of aromatic hydroxyl groups is 1. The van der Waals surface area contributed by atoms with E-state index in [1.165, 1.54) is 15.5 Å². The van der Waals surface area contributed by atoms with Crippen LogP contribution in [0.4, 0.5) is 0 Å². The van der Waals surface area contributed by atoms with Crippen LogP contribution in [-0.2, 0) is 49.7 Å². The van der Waals surface area contributed by atoms with Gasteiger partial charge >= 0.3 is 5.97 Å². The number of aryl methyl sites for hydroxylation is 2. The van der Waals surface area contributed by atoms with Crippen LogP contribution in [0.3, 0.4) is 0 Å². The topological polar surface area (TPSA) is 170 Å². The van der Waals surface area contributed by atoms with E-state index in [4.69, 9.17) is 4.74 Å². The smallest absolute Gasteiger partial charge is 0.324 e. The minimum absolute atomic E-state index is 0.00660. The van der Waals surface area contributed by atoms with Crippen molar-refractivity contribution in [3.63, 3.8) is 0 Å². The average Bonchev–Trinajstić information content (AvgIpc) is 3.85. The first-order chi connectivity index (χ1) is 30.1. The lowest BCUT2D eigenvalue weighted by Crippen LogP contribution is -2.62. The number of hydrogen-bond acceptors (Lipinski definition) is 10. The zero-order chi connectivity index (χ0) is 45.2. The quantitative estimate of drug-likeness (QED) is 0.158. The van der Waals surface area contributed by atoms with Gasteiger partial charge in [0.05, 0.1) is 24.8 Å². The van der Waals surface area contributed by atoms with Gasteiger partial charge < -0.3 is 34.6 Å². The third-order valence-corrected chi connectivity index (χ3v) is 13.1. The maximum atomic E-state index is 14.7. The van der Waals surface area contributed by atoms with Crippen LogP contribution < -0.4 is 10.7 Å². The van der Waals surface area contributed by atoms with Gasteiger partial charge in [-0.15, -0.1) is 0 Å². The fourth-order valence-corrected chi connectivity index (χ4v) is 9.94. The Balaban J connectivity index is 1.30. The van der Waals surface area contributed by atoms with Crippen LogP contribution >= 0.6 is 0 Å². The van der Waals surface area contributed by atoms with Gasteiger partial charge in [0.25, 0.3) is 5.91 Å². The number of likely N-dealkylation sites (tertiary alicyclic amines) is 1. The van der Waals surface area contributed by atoms with Crippen molar-refractivity contribution in [2.75, 3.05) is 46.4 Å². The van der Waals surface area contributed by atoms with Gasteiger partial charge in [-0.3, -0.25) is 29.2 Å². The number of nitrogens with zero attached hydrogens (tertiary/aromatic N) is 5. The van der Waals surface area contributed by atoms with Crippen LogP contribution in [0.5, 0.6) is 5.75 Å². The number of aliphatic hydroxyl groups is 1. The number of nitrogens with one attached hydrogen (secondary N) is 2. The maximum Gasteiger partial charge on any atom is 0.324 e. The molecule has 2 fully saturated rings. The first-order valence-corrected chi connectivity index (χ1v) is 22.7. The minimum Gasteiger partial charge on any atom is -0.508 e. The molecule has 7 rings (SSSR count). The molecule has 0 aliphatic carbocycles. The Morgan fingerprint density at radius 1 is 1.06 bits per heavy atom. The molecule has 0 spiro atoms. The second kappa shape index (κ2) is 19.2. The van der Waals surface area contributed by atoms with Crippen molar-refractivity contribution in [1.29, 1.82) is 0 Å². The van der Waals surface area contributed by atoms with E-state index in [9.17, 15) is 29.4 Å². The Labute approximate surface area is 370 Å². The van der Waals surface area contributed by atoms with E-state index in [0.717, 1.165) is 45.3 Å². The van der Waals surface area contributed by atoms with E-state index in [0.29, 0.717) is 64.0 Å². The summed E-state index contributed by atoms with van der Waals surface area (Å²) in [4.78, 5) is 64.9. The number of β-amino-alcohol motifs (C(OH)–C–C–N with tert-alkyl or cyclic N) is 1. The molecule has 14 nitrogen and oxygen atoms in total. The van der Waals surface area contributed by atoms with Gasteiger partial charge in [-0.1, -0.05) is 46.8 Å². The fraction of sp³-hybridized carbons (Fsp3) is 0.531. The number of amides is 3. The summed E-state index contributed by atoms with van der Waals surface area (Å²) >= 11 is 0. The molecule has 63 heavy (non-hydrogen) atoms. The van der Waals surface area contributed by atoms with E-state index in [1.54, 1.807) is 19.2 Å². The lowest BCUT2D eigenvalue weighted by atomic mass is 9.84. The second-order valence-corrected chi connectivity index (χ2v) is 18.8. The highest BCUT2D eigenvalue weighted by atomic mass is 16.5. The maximum absolute atomic E-state index is 14.7. The molecule has 6 bridgehead atoms. The number of cyclic esters (lactones) is 1. The number of ether oxygens (including phenoxy) is 1. The molecular formula is C49H65N7O7. The standard InChI is InChI=1S/C49H65N7O7/c1-8-32-14-16-50-27-39(32)44-38-26-49(5,6)29-63-48(62)40-11-10-17-56(52-40)47(61)41(51-45(59)43(30(3)4)53(7)46(60)34-15-18-54(28-34)19-20-57)23-31-21-35(24-36(58)22-31)33-12-13-42(37(38)25-33)55(44)9-2/h12-14,16,21-22,24-25,27,30,34,40-41,43,52,57-58H,8-11,15,17-20,23,26,28-29H2,1-7H3,(H,51,59)/t34-,40-,41-,43-/m0/s1. The highest BCUT2D eigenvalue weighted by molar-refractivity contribution is 5.96. The molecule has 14 heteroatoms. The number of aliphatic hydroxyl groups excluding tert-OH is 1. The third kappa shape index (κ3) is 9.78. The molecule has 0 unspecified atom stereocenters. The SMILES string of the molecule is CCc1ccncc1-c1c2c3cc(ccc3n1CC)-c1cc(O)cc(c1)C[C@H](NC(=O)[C@H](C(C)C)N(C)C(=O)[C@H]1CCN(CCO)C1)C(=O)N1CCC[C@H](N1)C(=O)OCC(C)(C)C2. The van der Waals surface area contributed by atoms with Crippen LogP contribution in [0, 0.1) is 17.3 Å². The monoisotopic (exact) mass is 863 g/mol. The van der Waals surface area contributed by atoms with E-state index in [1.807, 2.05) is 43.3 Å². The number of rotatable bonds is 10. The van der Waals surface area contributed by atoms with Crippen molar-refractivity contribution < 1.29 is 34.1 Å². The van der Waals surface area contributed by atoms with Crippen molar-refractivity contribution >= 4 is 34.6 Å². The highest BCUT2D eigenvalue weighted by Crippen LogP contribution is 2.41. The molecule has 3 amide bonds. The van der Waals surface area contributed by atoms with E-state index >= 15 is 0 Å². The zero-order valence-electron chi connectivity index (χ0n) is 37.9. The van der Waals surface area contributed by atoms with Gasteiger partial charge in [0.15, 0.2) is 0 Å². The molecule has 4 aromatic rings. The Bertz CT molecular complexity index is 2340. The molecule has 2 saturated heterocycles. The minimum atomic E-state index is -1.12. The third-order valence-electron chi connectivity index (χ3n) is 13.1. The Hall–Kier alpha value is -5.31. The van der Waals surface area contributed by atoms with Crippen LogP contribution in [0.15, 0.2) is 54.9 Å². The molecule has 5 heterocycles. The molecular weight excluding hydrogens is 799 g/mol. The van der Waals surface area contributed by atoms with Gasteiger partial charge in [0.1, 0.15) is 23.9 Å². The summed E-state index contributed by atoms with van der Waals surface area (Å²) in [6.07, 6.45) is 6.84. The van der Waals surface area contributed by atoms with Crippen molar-refractivity contribution in [1.82, 2.24) is 35.1 Å². The Kier molecular flexibility index (Phi) is 13.9. The zero-order valence-corrected chi connectivity index (χ0v) is 37.9. The van der Waals surface area contributed by atoms with E-state index < -0.39 is 41.3 Å². The van der Waals surface area contributed by atoms with Crippen molar-refractivity contribution in [2.45, 2.75) is 105 Å². The summed E-state index contributed by atoms with van der Waals surface area (Å²) in [6.45, 7) is 15.1. The van der Waals surface area contributed by atoms with Crippen LogP contribution in [0.1, 0.15) is 77.5 Å². The van der Waals surface area contributed by atoms with Crippen molar-refractivity contribution in [2.24, 2.45) is 17.3 Å². The highest BCUT2D eigenvalue weighted by Gasteiger charge is 2.40. The summed E-state index contributed by atoms with van der Waals surface area (Å²) in [5, 5.41) is 26.2. The summed E-state index contributed by atoms with van der Waals surface area (Å²) in [7, 11) is 1.64. The predicted octanol–water partition coefficient (Wildman–Crippen LogP) is 5.10. The number of hydrogen-bond donors (Lipinski definition) is 4. The van der Waals surface area contributed by atoms with Crippen LogP contribution in [0.25, 0.3) is 33.3 Å². The number of aromatic nitrogens is 2. The Morgan fingerprint density at radius 3 is 2.59 bits per heavy atom. The summed E-state index contributed by atoms with van der Waals surface area (Å²) < 4.78 is 8.43. The summed E-state index contributed by atoms with van der Waals surface area (Å²) in [6, 6.07) is 10.9.